The molecular weight excluding hydrogens is 280 g/mol. The first-order valence-electron chi connectivity index (χ1n) is 6.61. The number of anilines is 1. The average Bonchev–Trinajstić information content (AvgIpc) is 2.98. The van der Waals surface area contributed by atoms with Crippen molar-refractivity contribution in [3.63, 3.8) is 0 Å². The highest BCUT2D eigenvalue weighted by molar-refractivity contribution is 7.07. The first-order valence-corrected chi connectivity index (χ1v) is 7.56. The number of amidine groups is 1. The van der Waals surface area contributed by atoms with E-state index in [4.69, 9.17) is 11.1 Å². The van der Waals surface area contributed by atoms with E-state index in [9.17, 15) is 0 Å². The predicted molar refractivity (Wildman–Crippen MR) is 89.2 cm³/mol. The zero-order valence-electron chi connectivity index (χ0n) is 11.7. The van der Waals surface area contributed by atoms with Gasteiger partial charge in [-0.3, -0.25) is 5.41 Å². The minimum atomic E-state index is 0.0683. The summed E-state index contributed by atoms with van der Waals surface area (Å²) < 4.78 is 0. The van der Waals surface area contributed by atoms with Gasteiger partial charge in [0, 0.05) is 24.5 Å². The lowest BCUT2D eigenvalue weighted by Gasteiger charge is -2.19. The molecule has 0 unspecified atom stereocenters. The molecule has 0 atom stereocenters. The highest BCUT2D eigenvalue weighted by atomic mass is 32.1. The maximum atomic E-state index is 7.78. The van der Waals surface area contributed by atoms with E-state index in [1.165, 1.54) is 5.56 Å². The molecule has 0 aliphatic rings. The zero-order chi connectivity index (χ0) is 14.8. The van der Waals surface area contributed by atoms with Crippen LogP contribution in [-0.4, -0.2) is 17.9 Å². The molecule has 2 heterocycles. The van der Waals surface area contributed by atoms with Crippen LogP contribution in [0.5, 0.6) is 0 Å². The molecular formula is C16H16N4S. The molecule has 0 aliphatic carbocycles. The van der Waals surface area contributed by atoms with Gasteiger partial charge in [0.05, 0.1) is 5.52 Å². The van der Waals surface area contributed by atoms with Crippen molar-refractivity contribution in [3.8, 4) is 0 Å². The van der Waals surface area contributed by atoms with Crippen molar-refractivity contribution >= 4 is 33.9 Å². The molecule has 0 spiro atoms. The number of aromatic nitrogens is 1. The molecule has 0 amide bonds. The van der Waals surface area contributed by atoms with Gasteiger partial charge in [-0.1, -0.05) is 18.2 Å². The van der Waals surface area contributed by atoms with Gasteiger partial charge in [-0.15, -0.1) is 0 Å². The Balaban J connectivity index is 2.04. The second-order valence-electron chi connectivity index (χ2n) is 4.95. The Hall–Kier alpha value is -2.40. The molecule has 0 radical (unpaired) electrons. The van der Waals surface area contributed by atoms with E-state index in [0.29, 0.717) is 0 Å². The van der Waals surface area contributed by atoms with Gasteiger partial charge in [0.2, 0.25) is 0 Å². The average molecular weight is 296 g/mol. The first kappa shape index (κ1) is 13.6. The number of nitrogens with two attached hydrogens (primary N) is 1. The molecule has 0 aliphatic heterocycles. The second kappa shape index (κ2) is 5.54. The van der Waals surface area contributed by atoms with Crippen LogP contribution in [-0.2, 0) is 6.54 Å². The third-order valence-electron chi connectivity index (χ3n) is 3.38. The highest BCUT2D eigenvalue weighted by Gasteiger charge is 2.11. The summed E-state index contributed by atoms with van der Waals surface area (Å²) in [7, 11) is 2.00. The topological polar surface area (TPSA) is 66.0 Å². The summed E-state index contributed by atoms with van der Waals surface area (Å²) in [6, 6.07) is 11.8. The normalized spacial score (nSPS) is 10.7. The number of nitrogens with one attached hydrogen (secondary N) is 1. The predicted octanol–water partition coefficient (Wildman–Crippen LogP) is 3.22. The third-order valence-corrected chi connectivity index (χ3v) is 4.12. The van der Waals surface area contributed by atoms with Gasteiger partial charge in [-0.2, -0.15) is 11.3 Å². The maximum Gasteiger partial charge on any atom is 0.130 e. The minimum Gasteiger partial charge on any atom is -0.384 e. The number of hydrogen-bond donors (Lipinski definition) is 2. The zero-order valence-corrected chi connectivity index (χ0v) is 12.5. The fourth-order valence-corrected chi connectivity index (χ4v) is 2.98. The second-order valence-corrected chi connectivity index (χ2v) is 5.73. The number of fused-ring (bicyclic) bond motifs is 1. The monoisotopic (exact) mass is 296 g/mol. The van der Waals surface area contributed by atoms with E-state index in [0.717, 1.165) is 28.8 Å². The van der Waals surface area contributed by atoms with Crippen LogP contribution < -0.4 is 10.6 Å². The molecule has 2 aromatic heterocycles. The third kappa shape index (κ3) is 2.73. The number of hydrogen-bond acceptors (Lipinski definition) is 4. The van der Waals surface area contributed by atoms with E-state index >= 15 is 0 Å². The fraction of sp³-hybridized carbons (Fsp3) is 0.125. The molecule has 3 aromatic rings. The number of para-hydroxylation sites is 1. The van der Waals surface area contributed by atoms with Crippen molar-refractivity contribution in [3.05, 3.63) is 58.3 Å². The van der Waals surface area contributed by atoms with E-state index in [2.05, 4.69) is 26.7 Å². The van der Waals surface area contributed by atoms with Crippen LogP contribution in [0, 0.1) is 5.41 Å². The number of nitrogen functional groups attached to an aromatic ring is 1. The Morgan fingerprint density at radius 2 is 2.14 bits per heavy atom. The summed E-state index contributed by atoms with van der Waals surface area (Å²) in [5, 5.41) is 12.9. The van der Waals surface area contributed by atoms with Crippen LogP contribution in [0.3, 0.4) is 0 Å². The van der Waals surface area contributed by atoms with Crippen LogP contribution >= 0.6 is 11.3 Å². The molecule has 4 nitrogen and oxygen atoms in total. The minimum absolute atomic E-state index is 0.0683. The number of benzene rings is 1. The Morgan fingerprint density at radius 1 is 1.33 bits per heavy atom. The standard InChI is InChI=1S/C16H16N4S/c1-20(9-11-6-7-21-10-11)15-8-13(16(17)18)12-4-2-3-5-14(12)19-15/h2-8,10H,9H2,1H3,(H3,17,18). The van der Waals surface area contributed by atoms with Crippen molar-refractivity contribution < 1.29 is 0 Å². The van der Waals surface area contributed by atoms with E-state index < -0.39 is 0 Å². The van der Waals surface area contributed by atoms with Gasteiger partial charge in [-0.25, -0.2) is 4.98 Å². The summed E-state index contributed by atoms with van der Waals surface area (Å²) >= 11 is 1.69. The van der Waals surface area contributed by atoms with Gasteiger partial charge in [-0.05, 0) is 34.5 Å². The molecule has 5 heteroatoms. The highest BCUT2D eigenvalue weighted by Crippen LogP contribution is 2.23. The summed E-state index contributed by atoms with van der Waals surface area (Å²) in [4.78, 5) is 6.75. The number of thiophene rings is 1. The summed E-state index contributed by atoms with van der Waals surface area (Å²) in [6.07, 6.45) is 0. The first-order chi connectivity index (χ1) is 10.1. The lowest BCUT2D eigenvalue weighted by Crippen LogP contribution is -2.19. The Kier molecular flexibility index (Phi) is 3.58. The molecule has 0 fully saturated rings. The molecule has 106 valence electrons. The van der Waals surface area contributed by atoms with Crippen LogP contribution in [0.2, 0.25) is 0 Å². The molecule has 0 saturated carbocycles. The van der Waals surface area contributed by atoms with Gasteiger partial charge < -0.3 is 10.6 Å². The lowest BCUT2D eigenvalue weighted by atomic mass is 10.1. The Morgan fingerprint density at radius 3 is 2.86 bits per heavy atom. The van der Waals surface area contributed by atoms with Crippen molar-refractivity contribution in [2.45, 2.75) is 6.54 Å². The number of rotatable bonds is 4. The lowest BCUT2D eigenvalue weighted by molar-refractivity contribution is 0.906. The Labute approximate surface area is 127 Å². The number of nitrogens with zero attached hydrogens (tertiary/aromatic N) is 2. The van der Waals surface area contributed by atoms with Crippen LogP contribution in [0.25, 0.3) is 10.9 Å². The van der Waals surface area contributed by atoms with Gasteiger partial charge in [0.25, 0.3) is 0 Å². The molecule has 0 bridgehead atoms. The SMILES string of the molecule is CN(Cc1ccsc1)c1cc(C(=N)N)c2ccccc2n1. The summed E-state index contributed by atoms with van der Waals surface area (Å²) in [5.41, 5.74) is 8.56. The smallest absolute Gasteiger partial charge is 0.130 e. The van der Waals surface area contributed by atoms with Crippen molar-refractivity contribution in [2.24, 2.45) is 5.73 Å². The molecule has 3 rings (SSSR count). The van der Waals surface area contributed by atoms with E-state index in [-0.39, 0.29) is 5.84 Å². The van der Waals surface area contributed by atoms with Crippen molar-refractivity contribution in [2.75, 3.05) is 11.9 Å². The molecule has 21 heavy (non-hydrogen) atoms. The number of pyridine rings is 1. The Bertz CT molecular complexity index is 780. The summed E-state index contributed by atoms with van der Waals surface area (Å²) in [5.74, 6) is 0.892. The quantitative estimate of drug-likeness (QED) is 0.574. The van der Waals surface area contributed by atoms with Crippen LogP contribution in [0.1, 0.15) is 11.1 Å². The largest absolute Gasteiger partial charge is 0.384 e. The van der Waals surface area contributed by atoms with Gasteiger partial charge in [0.1, 0.15) is 11.7 Å². The van der Waals surface area contributed by atoms with E-state index in [1.54, 1.807) is 11.3 Å². The van der Waals surface area contributed by atoms with Crippen molar-refractivity contribution in [1.82, 2.24) is 4.98 Å². The molecule has 0 saturated heterocycles. The maximum absolute atomic E-state index is 7.78. The van der Waals surface area contributed by atoms with Crippen LogP contribution in [0.15, 0.2) is 47.2 Å². The van der Waals surface area contributed by atoms with Crippen LogP contribution in [0.4, 0.5) is 5.82 Å². The van der Waals surface area contributed by atoms with E-state index in [1.807, 2.05) is 37.4 Å². The van der Waals surface area contributed by atoms with Gasteiger partial charge >= 0.3 is 0 Å². The summed E-state index contributed by atoms with van der Waals surface area (Å²) in [6.45, 7) is 0.784. The fourth-order valence-electron chi connectivity index (χ4n) is 2.32. The molecule has 3 N–H and O–H groups in total. The van der Waals surface area contributed by atoms with Gasteiger partial charge in [0.15, 0.2) is 0 Å². The van der Waals surface area contributed by atoms with Crippen molar-refractivity contribution in [1.29, 1.82) is 5.41 Å². The molecule has 1 aromatic carbocycles.